The fourth-order valence-corrected chi connectivity index (χ4v) is 2.59. The topological polar surface area (TPSA) is 88.9 Å². The number of sulfone groups is 1. The number of benzene rings is 1. The van der Waals surface area contributed by atoms with Crippen LogP contribution in [0.4, 0.5) is 0 Å². The highest BCUT2D eigenvalue weighted by molar-refractivity contribution is 7.91. The second-order valence-corrected chi connectivity index (χ2v) is 5.88. The van der Waals surface area contributed by atoms with E-state index in [0.717, 1.165) is 6.26 Å². The molecule has 0 saturated carbocycles. The number of fused-ring (bicyclic) bond motifs is 1. The summed E-state index contributed by atoms with van der Waals surface area (Å²) < 4.78 is 28.0. The van der Waals surface area contributed by atoms with Crippen LogP contribution in [0.15, 0.2) is 39.9 Å². The van der Waals surface area contributed by atoms with E-state index in [1.165, 1.54) is 12.3 Å². The first kappa shape index (κ1) is 11.0. The lowest BCUT2D eigenvalue weighted by atomic mass is 10.3. The zero-order chi connectivity index (χ0) is 12.8. The normalized spacial score (nSPS) is 12.1. The molecule has 0 saturated heterocycles. The number of nitrogens with one attached hydrogen (secondary N) is 1. The van der Waals surface area contributed by atoms with E-state index in [0.29, 0.717) is 22.6 Å². The van der Waals surface area contributed by atoms with E-state index >= 15 is 0 Å². The van der Waals surface area contributed by atoms with Crippen LogP contribution in [-0.2, 0) is 9.84 Å². The maximum Gasteiger partial charge on any atom is 0.177 e. The molecule has 7 heteroatoms. The zero-order valence-corrected chi connectivity index (χ0v) is 10.2. The van der Waals surface area contributed by atoms with Gasteiger partial charge in [-0.25, -0.2) is 13.4 Å². The van der Waals surface area contributed by atoms with Crippen molar-refractivity contribution in [3.63, 3.8) is 0 Å². The molecule has 0 fully saturated rings. The second-order valence-electron chi connectivity index (χ2n) is 3.89. The SMILES string of the molecule is CS(=O)(=O)c1cccc2[nH]c(-c3ccon3)nc12. The molecule has 18 heavy (non-hydrogen) atoms. The lowest BCUT2D eigenvalue weighted by Crippen LogP contribution is -1.97. The Morgan fingerprint density at radius 2 is 2.11 bits per heavy atom. The number of rotatable bonds is 2. The van der Waals surface area contributed by atoms with Crippen LogP contribution in [0.5, 0.6) is 0 Å². The number of imidazole rings is 1. The standard InChI is InChI=1S/C11H9N3O3S/c1-18(15,16)9-4-2-3-7-10(9)13-11(12-7)8-5-6-17-14-8/h2-6H,1H3,(H,12,13). The van der Waals surface area contributed by atoms with Crippen molar-refractivity contribution in [2.45, 2.75) is 4.90 Å². The minimum Gasteiger partial charge on any atom is -0.364 e. The minimum absolute atomic E-state index is 0.200. The van der Waals surface area contributed by atoms with Gasteiger partial charge in [-0.05, 0) is 12.1 Å². The summed E-state index contributed by atoms with van der Waals surface area (Å²) in [6, 6.07) is 6.62. The van der Waals surface area contributed by atoms with Crippen molar-refractivity contribution >= 4 is 20.9 Å². The van der Waals surface area contributed by atoms with Gasteiger partial charge in [-0.15, -0.1) is 0 Å². The molecule has 6 nitrogen and oxygen atoms in total. The average molecular weight is 263 g/mol. The number of aromatic nitrogens is 3. The lowest BCUT2D eigenvalue weighted by molar-refractivity contribution is 0.422. The molecule has 3 rings (SSSR count). The Labute approximate surface area is 103 Å². The van der Waals surface area contributed by atoms with Crippen molar-refractivity contribution in [2.24, 2.45) is 0 Å². The summed E-state index contributed by atoms with van der Waals surface area (Å²) in [5.74, 6) is 0.481. The Bertz CT molecular complexity index is 803. The molecular weight excluding hydrogens is 254 g/mol. The molecule has 2 aromatic heterocycles. The molecule has 0 radical (unpaired) electrons. The number of hydrogen-bond acceptors (Lipinski definition) is 5. The predicted octanol–water partition coefficient (Wildman–Crippen LogP) is 1.62. The molecule has 0 unspecified atom stereocenters. The summed E-state index contributed by atoms with van der Waals surface area (Å²) in [4.78, 5) is 7.48. The predicted molar refractivity (Wildman–Crippen MR) is 64.7 cm³/mol. The molecule has 0 spiro atoms. The molecule has 1 N–H and O–H groups in total. The Morgan fingerprint density at radius 1 is 1.28 bits per heavy atom. The third-order valence-corrected chi connectivity index (χ3v) is 3.68. The molecule has 92 valence electrons. The zero-order valence-electron chi connectivity index (χ0n) is 9.41. The Hall–Kier alpha value is -2.15. The van der Waals surface area contributed by atoms with Crippen LogP contribution in [0, 0.1) is 0 Å². The largest absolute Gasteiger partial charge is 0.364 e. The van der Waals surface area contributed by atoms with Crippen LogP contribution in [0.2, 0.25) is 0 Å². The van der Waals surface area contributed by atoms with Crippen LogP contribution in [0.1, 0.15) is 0 Å². The Morgan fingerprint density at radius 3 is 2.78 bits per heavy atom. The van der Waals surface area contributed by atoms with Gasteiger partial charge in [-0.1, -0.05) is 11.2 Å². The number of aromatic amines is 1. The van der Waals surface area contributed by atoms with Crippen molar-refractivity contribution in [2.75, 3.05) is 6.26 Å². The molecule has 0 bridgehead atoms. The first-order valence-electron chi connectivity index (χ1n) is 5.15. The fourth-order valence-electron chi connectivity index (χ4n) is 1.76. The van der Waals surface area contributed by atoms with Crippen molar-refractivity contribution in [3.8, 4) is 11.5 Å². The summed E-state index contributed by atoms with van der Waals surface area (Å²) in [6.45, 7) is 0. The highest BCUT2D eigenvalue weighted by atomic mass is 32.2. The molecule has 3 aromatic rings. The average Bonchev–Trinajstić information content (AvgIpc) is 2.95. The third-order valence-electron chi connectivity index (χ3n) is 2.56. The molecular formula is C11H9N3O3S. The van der Waals surface area contributed by atoms with E-state index in [1.807, 2.05) is 0 Å². The molecule has 0 amide bonds. The lowest BCUT2D eigenvalue weighted by Gasteiger charge is -1.97. The number of hydrogen-bond donors (Lipinski definition) is 1. The van der Waals surface area contributed by atoms with Crippen LogP contribution >= 0.6 is 0 Å². The van der Waals surface area contributed by atoms with E-state index in [9.17, 15) is 8.42 Å². The summed E-state index contributed by atoms with van der Waals surface area (Å²) >= 11 is 0. The molecule has 0 aliphatic heterocycles. The molecule has 0 atom stereocenters. The van der Waals surface area contributed by atoms with Gasteiger partial charge >= 0.3 is 0 Å². The van der Waals surface area contributed by atoms with Crippen molar-refractivity contribution in [3.05, 3.63) is 30.5 Å². The highest BCUT2D eigenvalue weighted by Crippen LogP contribution is 2.24. The number of nitrogens with zero attached hydrogens (tertiary/aromatic N) is 2. The van der Waals surface area contributed by atoms with Crippen LogP contribution in [0.3, 0.4) is 0 Å². The van der Waals surface area contributed by atoms with Gasteiger partial charge in [0.15, 0.2) is 15.7 Å². The molecule has 1 aromatic carbocycles. The quantitative estimate of drug-likeness (QED) is 0.758. The van der Waals surface area contributed by atoms with Gasteiger partial charge in [0.2, 0.25) is 0 Å². The van der Waals surface area contributed by atoms with Crippen LogP contribution in [0.25, 0.3) is 22.6 Å². The summed E-state index contributed by atoms with van der Waals surface area (Å²) in [5, 5.41) is 3.76. The third kappa shape index (κ3) is 1.68. The maximum atomic E-state index is 11.7. The first-order chi connectivity index (χ1) is 8.55. The van der Waals surface area contributed by atoms with Gasteiger partial charge in [0.25, 0.3) is 0 Å². The van der Waals surface area contributed by atoms with Gasteiger partial charge in [0.05, 0.1) is 10.4 Å². The van der Waals surface area contributed by atoms with Gasteiger partial charge in [0, 0.05) is 12.3 Å². The Balaban J connectivity index is 2.31. The van der Waals surface area contributed by atoms with Gasteiger partial charge in [-0.3, -0.25) is 0 Å². The van der Waals surface area contributed by atoms with E-state index in [-0.39, 0.29) is 4.90 Å². The van der Waals surface area contributed by atoms with E-state index in [2.05, 4.69) is 15.1 Å². The first-order valence-corrected chi connectivity index (χ1v) is 7.04. The molecule has 0 aliphatic carbocycles. The highest BCUT2D eigenvalue weighted by Gasteiger charge is 2.16. The summed E-state index contributed by atoms with van der Waals surface area (Å²) in [6.07, 6.45) is 2.59. The second kappa shape index (κ2) is 3.67. The van der Waals surface area contributed by atoms with E-state index in [4.69, 9.17) is 4.52 Å². The van der Waals surface area contributed by atoms with Crippen molar-refractivity contribution in [1.82, 2.24) is 15.1 Å². The monoisotopic (exact) mass is 263 g/mol. The summed E-state index contributed by atoms with van der Waals surface area (Å²) in [7, 11) is -3.31. The fraction of sp³-hybridized carbons (Fsp3) is 0.0909. The smallest absolute Gasteiger partial charge is 0.177 e. The van der Waals surface area contributed by atoms with Gasteiger partial charge < -0.3 is 9.51 Å². The number of H-pyrrole nitrogens is 1. The van der Waals surface area contributed by atoms with Crippen molar-refractivity contribution in [1.29, 1.82) is 0 Å². The summed E-state index contributed by atoms with van der Waals surface area (Å²) in [5.41, 5.74) is 1.60. The van der Waals surface area contributed by atoms with Crippen LogP contribution < -0.4 is 0 Å². The van der Waals surface area contributed by atoms with Crippen molar-refractivity contribution < 1.29 is 12.9 Å². The van der Waals surface area contributed by atoms with E-state index in [1.54, 1.807) is 18.2 Å². The van der Waals surface area contributed by atoms with Gasteiger partial charge in [-0.2, -0.15) is 0 Å². The van der Waals surface area contributed by atoms with Crippen LogP contribution in [-0.4, -0.2) is 29.8 Å². The van der Waals surface area contributed by atoms with E-state index < -0.39 is 9.84 Å². The molecule has 2 heterocycles. The Kier molecular flexibility index (Phi) is 2.24. The minimum atomic E-state index is -3.31. The molecule has 0 aliphatic rings. The maximum absolute atomic E-state index is 11.7. The number of para-hydroxylation sites is 1. The van der Waals surface area contributed by atoms with Gasteiger partial charge in [0.1, 0.15) is 17.5 Å².